The molecule has 11 heteroatoms. The summed E-state index contributed by atoms with van der Waals surface area (Å²) in [5, 5.41) is 3.24. The maximum atomic E-state index is 13.0. The Kier molecular flexibility index (Phi) is 4.98. The predicted molar refractivity (Wildman–Crippen MR) is 121 cm³/mol. The highest BCUT2D eigenvalue weighted by atomic mass is 32.1. The van der Waals surface area contributed by atoms with E-state index in [1.165, 1.54) is 14.2 Å². The van der Waals surface area contributed by atoms with Gasteiger partial charge in [0.2, 0.25) is 6.79 Å². The van der Waals surface area contributed by atoms with Gasteiger partial charge in [0.25, 0.3) is 11.5 Å². The predicted octanol–water partition coefficient (Wildman–Crippen LogP) is 3.25. The van der Waals surface area contributed by atoms with Crippen molar-refractivity contribution in [3.63, 3.8) is 0 Å². The first-order valence-corrected chi connectivity index (χ1v) is 10.7. The zero-order valence-electron chi connectivity index (χ0n) is 17.0. The number of carbonyl (C=O) groups is 1. The summed E-state index contributed by atoms with van der Waals surface area (Å²) in [5.74, 6) is 1.84. The van der Waals surface area contributed by atoms with E-state index in [2.05, 4.69) is 10.3 Å². The molecule has 9 nitrogen and oxygen atoms in total. The van der Waals surface area contributed by atoms with Gasteiger partial charge in [0.15, 0.2) is 27.0 Å². The van der Waals surface area contributed by atoms with Gasteiger partial charge in [0.05, 0.1) is 25.1 Å². The number of rotatable bonds is 5. The van der Waals surface area contributed by atoms with E-state index in [4.69, 9.17) is 31.2 Å². The molecule has 0 bridgehead atoms. The quantitative estimate of drug-likeness (QED) is 0.431. The third-order valence-electron chi connectivity index (χ3n) is 5.13. The van der Waals surface area contributed by atoms with Gasteiger partial charge in [-0.3, -0.25) is 14.0 Å². The van der Waals surface area contributed by atoms with E-state index in [0.717, 1.165) is 16.9 Å². The molecular formula is C21H17N3O6S2. The minimum atomic E-state index is -0.362. The minimum Gasteiger partial charge on any atom is -0.493 e. The molecule has 0 aliphatic carbocycles. The van der Waals surface area contributed by atoms with Crippen molar-refractivity contribution in [3.05, 3.63) is 55.1 Å². The lowest BCUT2D eigenvalue weighted by atomic mass is 10.2. The molecule has 0 atom stereocenters. The Morgan fingerprint density at radius 1 is 1.19 bits per heavy atom. The first-order valence-electron chi connectivity index (χ1n) is 9.50. The van der Waals surface area contributed by atoms with E-state index in [-0.39, 0.29) is 24.8 Å². The first kappa shape index (κ1) is 20.3. The third-order valence-corrected chi connectivity index (χ3v) is 6.50. The van der Waals surface area contributed by atoms with Crippen LogP contribution < -0.4 is 29.8 Å². The molecule has 1 aliphatic heterocycles. The van der Waals surface area contributed by atoms with Crippen LogP contribution >= 0.6 is 23.6 Å². The van der Waals surface area contributed by atoms with Gasteiger partial charge in [0, 0.05) is 12.6 Å². The Morgan fingerprint density at radius 2 is 1.94 bits per heavy atom. The third kappa shape index (κ3) is 3.26. The molecule has 164 valence electrons. The lowest BCUT2D eigenvalue weighted by Gasteiger charge is -2.10. The number of hydrogen-bond acceptors (Lipinski definition) is 8. The molecule has 0 fully saturated rings. The van der Waals surface area contributed by atoms with Crippen molar-refractivity contribution < 1.29 is 23.7 Å². The van der Waals surface area contributed by atoms with Crippen LogP contribution in [0.15, 0.2) is 35.1 Å². The summed E-state index contributed by atoms with van der Waals surface area (Å²) in [6.07, 6.45) is 0. The number of fused-ring (bicyclic) bond motifs is 4. The van der Waals surface area contributed by atoms with Gasteiger partial charge < -0.3 is 29.2 Å². The Bertz CT molecular complexity index is 1500. The van der Waals surface area contributed by atoms with Gasteiger partial charge in [0.1, 0.15) is 10.5 Å². The number of nitrogens with zero attached hydrogens (tertiary/aromatic N) is 1. The average molecular weight is 472 g/mol. The van der Waals surface area contributed by atoms with Crippen molar-refractivity contribution in [2.75, 3.05) is 21.0 Å². The Morgan fingerprint density at radius 3 is 2.72 bits per heavy atom. The normalized spacial score (nSPS) is 12.3. The summed E-state index contributed by atoms with van der Waals surface area (Å²) in [4.78, 5) is 28.8. The van der Waals surface area contributed by atoms with E-state index in [1.54, 1.807) is 22.6 Å². The highest BCUT2D eigenvalue weighted by molar-refractivity contribution is 7.73. The van der Waals surface area contributed by atoms with Gasteiger partial charge in [-0.15, -0.1) is 0 Å². The fourth-order valence-electron chi connectivity index (χ4n) is 3.58. The van der Waals surface area contributed by atoms with Crippen LogP contribution in [0.5, 0.6) is 23.0 Å². The molecule has 2 N–H and O–H groups in total. The van der Waals surface area contributed by atoms with Crippen LogP contribution in [-0.4, -0.2) is 36.3 Å². The molecule has 1 aliphatic rings. The van der Waals surface area contributed by atoms with Crippen molar-refractivity contribution in [2.45, 2.75) is 6.54 Å². The highest BCUT2D eigenvalue weighted by Crippen LogP contribution is 2.33. The van der Waals surface area contributed by atoms with Gasteiger partial charge in [-0.05, 0) is 36.0 Å². The number of aromatic nitrogens is 2. The summed E-state index contributed by atoms with van der Waals surface area (Å²) in [6.45, 7) is 0.457. The molecule has 0 spiro atoms. The number of hydrogen-bond donors (Lipinski definition) is 2. The van der Waals surface area contributed by atoms with Crippen LogP contribution in [0, 0.1) is 3.95 Å². The zero-order valence-corrected chi connectivity index (χ0v) is 18.6. The maximum absolute atomic E-state index is 13.0. The van der Waals surface area contributed by atoms with Crippen molar-refractivity contribution in [1.82, 2.24) is 14.7 Å². The van der Waals surface area contributed by atoms with Crippen LogP contribution in [0.1, 0.15) is 15.2 Å². The SMILES string of the molecule is COc1cc2c(=O)[nH]c3c(C(=O)NCc4ccc5c(c4)OCO5)sc(=S)n3c2cc1OC. The monoisotopic (exact) mass is 471 g/mol. The summed E-state index contributed by atoms with van der Waals surface area (Å²) in [5.41, 5.74) is 1.34. The van der Waals surface area contributed by atoms with Gasteiger partial charge in [-0.2, -0.15) is 0 Å². The molecule has 0 saturated heterocycles. The lowest BCUT2D eigenvalue weighted by molar-refractivity contribution is 0.0956. The van der Waals surface area contributed by atoms with Crippen LogP contribution in [0.2, 0.25) is 0 Å². The number of H-pyrrole nitrogens is 1. The van der Waals surface area contributed by atoms with Gasteiger partial charge >= 0.3 is 0 Å². The topological polar surface area (TPSA) is 103 Å². The summed E-state index contributed by atoms with van der Waals surface area (Å²) in [6, 6.07) is 8.73. The van der Waals surface area contributed by atoms with Crippen LogP contribution in [-0.2, 0) is 6.54 Å². The molecule has 1 amide bonds. The highest BCUT2D eigenvalue weighted by Gasteiger charge is 2.20. The molecule has 0 saturated carbocycles. The summed E-state index contributed by atoms with van der Waals surface area (Å²) < 4.78 is 23.4. The van der Waals surface area contributed by atoms with Crippen LogP contribution in [0.3, 0.4) is 0 Å². The number of thiazole rings is 1. The number of nitrogens with one attached hydrogen (secondary N) is 2. The molecule has 5 rings (SSSR count). The van der Waals surface area contributed by atoms with Crippen molar-refractivity contribution in [1.29, 1.82) is 0 Å². The molecule has 3 heterocycles. The van der Waals surface area contributed by atoms with Crippen molar-refractivity contribution >= 4 is 46.0 Å². The minimum absolute atomic E-state index is 0.184. The molecular weight excluding hydrogens is 454 g/mol. The standard InChI is InChI=1S/C21H17N3O6S2/c1-27-14-6-11-12(7-15(14)28-2)24-18(23-19(11)25)17(32-21(24)31)20(26)22-8-10-3-4-13-16(5-10)30-9-29-13/h3-7H,8-9H2,1-2H3,(H,22,26)(H,23,25). The first-order chi connectivity index (χ1) is 15.5. The molecule has 32 heavy (non-hydrogen) atoms. The van der Waals surface area contributed by atoms with Crippen LogP contribution in [0.25, 0.3) is 16.6 Å². The second-order valence-electron chi connectivity index (χ2n) is 6.93. The molecule has 0 radical (unpaired) electrons. The summed E-state index contributed by atoms with van der Waals surface area (Å²) >= 11 is 6.63. The largest absolute Gasteiger partial charge is 0.493 e. The summed E-state index contributed by atoms with van der Waals surface area (Å²) in [7, 11) is 3.01. The average Bonchev–Trinajstić information content (AvgIpc) is 3.40. The van der Waals surface area contributed by atoms with E-state index in [9.17, 15) is 9.59 Å². The maximum Gasteiger partial charge on any atom is 0.265 e. The molecule has 4 aromatic rings. The number of ether oxygens (including phenoxy) is 4. The zero-order chi connectivity index (χ0) is 22.4. The Balaban J connectivity index is 1.53. The number of amides is 1. The van der Waals surface area contributed by atoms with Gasteiger partial charge in [-0.25, -0.2) is 0 Å². The Labute approximate surface area is 190 Å². The van der Waals surface area contributed by atoms with Crippen molar-refractivity contribution in [2.24, 2.45) is 0 Å². The van der Waals surface area contributed by atoms with E-state index in [0.29, 0.717) is 48.4 Å². The second kappa shape index (κ2) is 7.84. The number of aromatic amines is 1. The number of carbonyl (C=O) groups excluding carboxylic acids is 1. The van der Waals surface area contributed by atoms with Crippen molar-refractivity contribution in [3.8, 4) is 23.0 Å². The van der Waals surface area contributed by atoms with E-state index < -0.39 is 0 Å². The fourth-order valence-corrected chi connectivity index (χ4v) is 4.88. The molecule has 2 aromatic carbocycles. The van der Waals surface area contributed by atoms with Crippen LogP contribution in [0.4, 0.5) is 0 Å². The number of benzene rings is 2. The molecule has 0 unspecified atom stereocenters. The number of methoxy groups -OCH3 is 2. The smallest absolute Gasteiger partial charge is 0.265 e. The van der Waals surface area contributed by atoms with E-state index in [1.807, 2.05) is 12.1 Å². The second-order valence-corrected chi connectivity index (χ2v) is 8.57. The van der Waals surface area contributed by atoms with E-state index >= 15 is 0 Å². The Hall–Kier alpha value is -3.57. The fraction of sp³-hybridized carbons (Fsp3) is 0.190. The van der Waals surface area contributed by atoms with Gasteiger partial charge in [-0.1, -0.05) is 17.4 Å². The molecule has 2 aromatic heterocycles. The lowest BCUT2D eigenvalue weighted by Crippen LogP contribution is -2.23.